The van der Waals surface area contributed by atoms with E-state index in [1.807, 2.05) is 0 Å². The van der Waals surface area contributed by atoms with Crippen molar-refractivity contribution >= 4 is 11.8 Å². The smallest absolute Gasteiger partial charge is 0.0197 e. The molecule has 0 spiro atoms. The number of benzene rings is 1. The van der Waals surface area contributed by atoms with Gasteiger partial charge in [-0.2, -0.15) is 11.8 Å². The lowest BCUT2D eigenvalue weighted by molar-refractivity contribution is 0.425. The van der Waals surface area contributed by atoms with Gasteiger partial charge in [-0.15, -0.1) is 0 Å². The zero-order valence-corrected chi connectivity index (χ0v) is 11.7. The van der Waals surface area contributed by atoms with E-state index in [1.54, 1.807) is 0 Å². The highest BCUT2D eigenvalue weighted by Gasteiger charge is 2.27. The quantitative estimate of drug-likeness (QED) is 0.859. The van der Waals surface area contributed by atoms with Crippen LogP contribution in [0.4, 0.5) is 0 Å². The molecule has 0 bridgehead atoms. The van der Waals surface area contributed by atoms with Crippen LogP contribution in [0.3, 0.4) is 0 Å². The van der Waals surface area contributed by atoms with Crippen LogP contribution in [0.15, 0.2) is 24.3 Å². The zero-order valence-electron chi connectivity index (χ0n) is 10.9. The maximum absolute atomic E-state index is 3.70. The van der Waals surface area contributed by atoms with E-state index in [1.165, 1.54) is 35.5 Å². The molecule has 1 heterocycles. The Hall–Kier alpha value is -0.470. The third-order valence-corrected chi connectivity index (χ3v) is 4.86. The largest absolute Gasteiger partial charge is 0.313 e. The first-order valence-corrected chi connectivity index (χ1v) is 7.82. The molecule has 0 saturated carbocycles. The lowest BCUT2D eigenvalue weighted by Gasteiger charge is -2.20. The molecule has 1 fully saturated rings. The molecule has 1 aliphatic heterocycles. The molecular formula is C15H23NS. The molecule has 1 nitrogen and oxygen atoms in total. The standard InChI is InChI=1S/C15H23NS/c1-3-8-16-15-11-17-10-14(15)9-13-7-5-4-6-12(13)2/h4-7,14-16H,3,8-11H2,1-2H3. The van der Waals surface area contributed by atoms with E-state index >= 15 is 0 Å². The van der Waals surface area contributed by atoms with Crippen molar-refractivity contribution in [2.75, 3.05) is 18.1 Å². The van der Waals surface area contributed by atoms with Crippen molar-refractivity contribution in [3.8, 4) is 0 Å². The molecule has 1 aromatic carbocycles. The predicted molar refractivity (Wildman–Crippen MR) is 77.8 cm³/mol. The van der Waals surface area contributed by atoms with Crippen LogP contribution in [0.25, 0.3) is 0 Å². The summed E-state index contributed by atoms with van der Waals surface area (Å²) < 4.78 is 0. The Balaban J connectivity index is 1.95. The molecule has 1 N–H and O–H groups in total. The Morgan fingerprint density at radius 1 is 1.29 bits per heavy atom. The minimum absolute atomic E-state index is 0.722. The van der Waals surface area contributed by atoms with Crippen molar-refractivity contribution in [2.24, 2.45) is 5.92 Å². The number of aryl methyl sites for hydroxylation is 1. The van der Waals surface area contributed by atoms with E-state index in [4.69, 9.17) is 0 Å². The van der Waals surface area contributed by atoms with Crippen LogP contribution in [0.5, 0.6) is 0 Å². The lowest BCUT2D eigenvalue weighted by atomic mass is 9.92. The third-order valence-electron chi connectivity index (χ3n) is 3.60. The van der Waals surface area contributed by atoms with E-state index in [0.29, 0.717) is 0 Å². The first kappa shape index (κ1) is 13.0. The summed E-state index contributed by atoms with van der Waals surface area (Å²) in [7, 11) is 0. The highest BCUT2D eigenvalue weighted by atomic mass is 32.2. The molecule has 2 unspecified atom stereocenters. The monoisotopic (exact) mass is 249 g/mol. The molecule has 0 aliphatic carbocycles. The van der Waals surface area contributed by atoms with Crippen molar-refractivity contribution in [1.82, 2.24) is 5.32 Å². The number of rotatable bonds is 5. The fraction of sp³-hybridized carbons (Fsp3) is 0.600. The lowest BCUT2D eigenvalue weighted by Crippen LogP contribution is -2.36. The average Bonchev–Trinajstić information content (AvgIpc) is 2.77. The van der Waals surface area contributed by atoms with Gasteiger partial charge in [-0.3, -0.25) is 0 Å². The molecule has 2 heteroatoms. The third kappa shape index (κ3) is 3.49. The van der Waals surface area contributed by atoms with Crippen LogP contribution in [0.2, 0.25) is 0 Å². The summed E-state index contributed by atoms with van der Waals surface area (Å²) in [6.07, 6.45) is 2.47. The van der Waals surface area contributed by atoms with Gasteiger partial charge < -0.3 is 5.32 Å². The summed E-state index contributed by atoms with van der Waals surface area (Å²) in [5, 5.41) is 3.70. The van der Waals surface area contributed by atoms with Gasteiger partial charge in [0.05, 0.1) is 0 Å². The van der Waals surface area contributed by atoms with Gasteiger partial charge in [-0.25, -0.2) is 0 Å². The van der Waals surface area contributed by atoms with Crippen molar-refractivity contribution in [2.45, 2.75) is 32.7 Å². The first-order chi connectivity index (χ1) is 8.31. The molecule has 2 atom stereocenters. The second kappa shape index (κ2) is 6.46. The molecule has 0 amide bonds. The van der Waals surface area contributed by atoms with Crippen LogP contribution in [-0.2, 0) is 6.42 Å². The van der Waals surface area contributed by atoms with Gasteiger partial charge in [0, 0.05) is 11.8 Å². The predicted octanol–water partition coefficient (Wildman–Crippen LogP) is 3.27. The Morgan fingerprint density at radius 2 is 2.12 bits per heavy atom. The topological polar surface area (TPSA) is 12.0 Å². The molecule has 1 aromatic rings. The number of hydrogen-bond donors (Lipinski definition) is 1. The fourth-order valence-electron chi connectivity index (χ4n) is 2.48. The molecule has 1 saturated heterocycles. The van der Waals surface area contributed by atoms with Gasteiger partial charge in [0.25, 0.3) is 0 Å². The summed E-state index contributed by atoms with van der Waals surface area (Å²) in [6.45, 7) is 5.63. The van der Waals surface area contributed by atoms with E-state index in [0.717, 1.165) is 18.5 Å². The maximum Gasteiger partial charge on any atom is 0.0197 e. The van der Waals surface area contributed by atoms with Crippen molar-refractivity contribution < 1.29 is 0 Å². The summed E-state index contributed by atoms with van der Waals surface area (Å²) in [6, 6.07) is 9.54. The summed E-state index contributed by atoms with van der Waals surface area (Å²) in [5.41, 5.74) is 2.97. The number of thioether (sulfide) groups is 1. The van der Waals surface area contributed by atoms with E-state index in [-0.39, 0.29) is 0 Å². The number of hydrogen-bond acceptors (Lipinski definition) is 2. The summed E-state index contributed by atoms with van der Waals surface area (Å²) in [5.74, 6) is 3.42. The second-order valence-electron chi connectivity index (χ2n) is 4.99. The average molecular weight is 249 g/mol. The summed E-state index contributed by atoms with van der Waals surface area (Å²) in [4.78, 5) is 0. The molecule has 0 radical (unpaired) electrons. The SMILES string of the molecule is CCCNC1CSCC1Cc1ccccc1C. The normalized spacial score (nSPS) is 24.1. The Labute approximate surface area is 109 Å². The molecule has 1 aliphatic rings. The van der Waals surface area contributed by atoms with Crippen molar-refractivity contribution in [3.05, 3.63) is 35.4 Å². The van der Waals surface area contributed by atoms with Gasteiger partial charge in [-0.1, -0.05) is 31.2 Å². The highest BCUT2D eigenvalue weighted by Crippen LogP contribution is 2.28. The molecular weight excluding hydrogens is 226 g/mol. The minimum Gasteiger partial charge on any atom is -0.313 e. The first-order valence-electron chi connectivity index (χ1n) is 6.67. The van der Waals surface area contributed by atoms with Crippen molar-refractivity contribution in [1.29, 1.82) is 0 Å². The maximum atomic E-state index is 3.70. The zero-order chi connectivity index (χ0) is 12.1. The van der Waals surface area contributed by atoms with Gasteiger partial charge in [0.1, 0.15) is 0 Å². The molecule has 17 heavy (non-hydrogen) atoms. The van der Waals surface area contributed by atoms with Crippen LogP contribution >= 0.6 is 11.8 Å². The highest BCUT2D eigenvalue weighted by molar-refractivity contribution is 7.99. The van der Waals surface area contributed by atoms with E-state index in [9.17, 15) is 0 Å². The molecule has 2 rings (SSSR count). The Bertz CT molecular complexity index is 351. The second-order valence-corrected chi connectivity index (χ2v) is 6.06. The van der Waals surface area contributed by atoms with Crippen LogP contribution in [0.1, 0.15) is 24.5 Å². The van der Waals surface area contributed by atoms with Crippen LogP contribution in [-0.4, -0.2) is 24.1 Å². The van der Waals surface area contributed by atoms with Gasteiger partial charge in [0.2, 0.25) is 0 Å². The van der Waals surface area contributed by atoms with Gasteiger partial charge in [-0.05, 0) is 49.1 Å². The Kier molecular flexibility index (Phi) is 4.93. The van der Waals surface area contributed by atoms with Crippen LogP contribution < -0.4 is 5.32 Å². The Morgan fingerprint density at radius 3 is 2.88 bits per heavy atom. The van der Waals surface area contributed by atoms with E-state index < -0.39 is 0 Å². The van der Waals surface area contributed by atoms with Gasteiger partial charge >= 0.3 is 0 Å². The molecule has 0 aromatic heterocycles. The van der Waals surface area contributed by atoms with E-state index in [2.05, 4.69) is 55.2 Å². The fourth-order valence-corrected chi connectivity index (χ4v) is 3.91. The van der Waals surface area contributed by atoms with Gasteiger partial charge in [0.15, 0.2) is 0 Å². The summed E-state index contributed by atoms with van der Waals surface area (Å²) >= 11 is 2.10. The van der Waals surface area contributed by atoms with Crippen LogP contribution in [0, 0.1) is 12.8 Å². The number of nitrogens with one attached hydrogen (secondary N) is 1. The molecule has 94 valence electrons. The minimum atomic E-state index is 0.722. The van der Waals surface area contributed by atoms with Crippen molar-refractivity contribution in [3.63, 3.8) is 0 Å².